The largest absolute Gasteiger partial charge is 0.496 e. The Morgan fingerprint density at radius 1 is 1.05 bits per heavy atom. The lowest BCUT2D eigenvalue weighted by Crippen LogP contribution is -2.13. The summed E-state index contributed by atoms with van der Waals surface area (Å²) in [6.07, 6.45) is 5.19. The van der Waals surface area contributed by atoms with Gasteiger partial charge in [-0.05, 0) is 43.7 Å². The fraction of sp³-hybridized carbons (Fsp3) is 0.267. The van der Waals surface area contributed by atoms with Crippen LogP contribution < -0.4 is 14.8 Å². The first-order chi connectivity index (χ1) is 19.0. The van der Waals surface area contributed by atoms with Crippen LogP contribution >= 0.6 is 11.3 Å². The molecule has 9 heteroatoms. The van der Waals surface area contributed by atoms with Crippen LogP contribution in [0.4, 0.5) is 0 Å². The average Bonchev–Trinajstić information content (AvgIpc) is 3.56. The maximum absolute atomic E-state index is 12.6. The third kappa shape index (κ3) is 6.50. The summed E-state index contributed by atoms with van der Waals surface area (Å²) in [6.45, 7) is 5.75. The lowest BCUT2D eigenvalue weighted by Gasteiger charge is -2.11. The number of ketones is 1. The molecule has 0 fully saturated rings. The predicted octanol–water partition coefficient (Wildman–Crippen LogP) is 6.31. The number of carbonyl (C=O) groups is 1. The molecule has 0 aliphatic rings. The first kappa shape index (κ1) is 26.5. The molecule has 0 radical (unpaired) electrons. The van der Waals surface area contributed by atoms with Crippen molar-refractivity contribution in [3.05, 3.63) is 83.5 Å². The maximum Gasteiger partial charge on any atom is 0.148 e. The lowest BCUT2D eigenvalue weighted by atomic mass is 10.0. The fourth-order valence-electron chi connectivity index (χ4n) is 4.25. The van der Waals surface area contributed by atoms with Crippen LogP contribution in [0.3, 0.4) is 0 Å². The van der Waals surface area contributed by atoms with Gasteiger partial charge in [-0.3, -0.25) is 14.8 Å². The van der Waals surface area contributed by atoms with Gasteiger partial charge in [-0.1, -0.05) is 24.2 Å². The predicted molar refractivity (Wildman–Crippen MR) is 152 cm³/mol. The van der Waals surface area contributed by atoms with Gasteiger partial charge in [-0.25, -0.2) is 0 Å². The first-order valence-electron chi connectivity index (χ1n) is 12.9. The molecule has 4 aromatic heterocycles. The monoisotopic (exact) mass is 542 g/mol. The molecule has 1 aromatic carbocycles. The van der Waals surface area contributed by atoms with Gasteiger partial charge in [-0.15, -0.1) is 11.3 Å². The van der Waals surface area contributed by atoms with Crippen LogP contribution in [0.2, 0.25) is 0 Å². The molecule has 5 aromatic rings. The zero-order valence-electron chi connectivity index (χ0n) is 22.2. The number of rotatable bonds is 12. The van der Waals surface area contributed by atoms with Gasteiger partial charge in [0.15, 0.2) is 0 Å². The number of Topliss-reactive ketones (excluding diaryl/α,β-unsaturated/α-hetero) is 1. The second kappa shape index (κ2) is 12.2. The normalized spacial score (nSPS) is 11.2. The Morgan fingerprint density at radius 3 is 2.69 bits per heavy atom. The Morgan fingerprint density at radius 2 is 1.95 bits per heavy atom. The molecule has 0 saturated carbocycles. The van der Waals surface area contributed by atoms with Crippen molar-refractivity contribution >= 4 is 27.3 Å². The van der Waals surface area contributed by atoms with E-state index < -0.39 is 0 Å². The van der Waals surface area contributed by atoms with Crippen LogP contribution in [-0.4, -0.2) is 34.6 Å². The molecule has 200 valence electrons. The second-order valence-electron chi connectivity index (χ2n) is 9.26. The van der Waals surface area contributed by atoms with Crippen LogP contribution in [0.5, 0.6) is 17.2 Å². The number of ether oxygens (including phenoxy) is 2. The molecule has 0 atom stereocenters. The Labute approximate surface area is 231 Å². The first-order valence-corrected chi connectivity index (χ1v) is 13.7. The lowest BCUT2D eigenvalue weighted by molar-refractivity contribution is -0.117. The summed E-state index contributed by atoms with van der Waals surface area (Å²) in [7, 11) is 1.59. The van der Waals surface area contributed by atoms with Gasteiger partial charge in [-0.2, -0.15) is 0 Å². The number of fused-ring (bicyclic) bond motifs is 1. The van der Waals surface area contributed by atoms with Gasteiger partial charge in [0.1, 0.15) is 28.8 Å². The summed E-state index contributed by atoms with van der Waals surface area (Å²) in [4.78, 5) is 22.8. The maximum atomic E-state index is 12.6. The highest BCUT2D eigenvalue weighted by Crippen LogP contribution is 2.39. The number of pyridine rings is 2. The minimum Gasteiger partial charge on any atom is -0.496 e. The van der Waals surface area contributed by atoms with Crippen molar-refractivity contribution in [1.82, 2.24) is 20.4 Å². The number of benzene rings is 1. The van der Waals surface area contributed by atoms with Crippen LogP contribution in [0.25, 0.3) is 20.8 Å². The summed E-state index contributed by atoms with van der Waals surface area (Å²) in [6, 6.07) is 15.3. The average molecular weight is 543 g/mol. The Hall–Kier alpha value is -4.08. The summed E-state index contributed by atoms with van der Waals surface area (Å²) in [5.74, 6) is 2.61. The van der Waals surface area contributed by atoms with E-state index in [0.717, 1.165) is 51.4 Å². The van der Waals surface area contributed by atoms with E-state index in [1.165, 1.54) is 0 Å². The van der Waals surface area contributed by atoms with E-state index in [2.05, 4.69) is 33.4 Å². The Kier molecular flexibility index (Phi) is 8.29. The molecule has 0 aliphatic carbocycles. The topological polar surface area (TPSA) is 99.4 Å². The van der Waals surface area contributed by atoms with Gasteiger partial charge in [0, 0.05) is 49.1 Å². The molecule has 8 nitrogen and oxygen atoms in total. The fourth-order valence-corrected chi connectivity index (χ4v) is 5.29. The van der Waals surface area contributed by atoms with E-state index in [1.807, 2.05) is 36.5 Å². The molecular formula is C30H30N4O4S. The van der Waals surface area contributed by atoms with Crippen molar-refractivity contribution in [3.63, 3.8) is 0 Å². The Bertz CT molecular complexity index is 1580. The van der Waals surface area contributed by atoms with Crippen LogP contribution in [0, 0.1) is 6.92 Å². The van der Waals surface area contributed by atoms with E-state index in [4.69, 9.17) is 14.0 Å². The number of hydrogen-bond donors (Lipinski definition) is 1. The number of nitrogens with zero attached hydrogens (tertiary/aromatic N) is 3. The number of carbonyl (C=O) groups excluding carboxylic acids is 1. The van der Waals surface area contributed by atoms with Gasteiger partial charge in [0.2, 0.25) is 0 Å². The molecular weight excluding hydrogens is 512 g/mol. The van der Waals surface area contributed by atoms with Gasteiger partial charge in [0.25, 0.3) is 0 Å². The summed E-state index contributed by atoms with van der Waals surface area (Å²) < 4.78 is 17.8. The highest BCUT2D eigenvalue weighted by molar-refractivity contribution is 7.22. The van der Waals surface area contributed by atoms with Crippen molar-refractivity contribution in [3.8, 4) is 27.8 Å². The molecule has 1 N–H and O–H groups in total. The third-order valence-corrected chi connectivity index (χ3v) is 7.30. The summed E-state index contributed by atoms with van der Waals surface area (Å²) in [5.41, 5.74) is 4.32. The highest BCUT2D eigenvalue weighted by Gasteiger charge is 2.15. The van der Waals surface area contributed by atoms with E-state index in [9.17, 15) is 4.79 Å². The van der Waals surface area contributed by atoms with Gasteiger partial charge in [0.05, 0.1) is 40.0 Å². The number of thiophene rings is 1. The number of nitrogens with one attached hydrogen (secondary N) is 1. The minimum absolute atomic E-state index is 0.0242. The number of aromatic nitrogens is 3. The second-order valence-corrected chi connectivity index (χ2v) is 10.3. The number of aryl methyl sites for hydroxylation is 1. The van der Waals surface area contributed by atoms with Crippen molar-refractivity contribution in [2.24, 2.45) is 0 Å². The van der Waals surface area contributed by atoms with Gasteiger partial charge < -0.3 is 19.3 Å². The minimum atomic E-state index is 0.0242. The van der Waals surface area contributed by atoms with E-state index in [0.29, 0.717) is 28.7 Å². The quantitative estimate of drug-likeness (QED) is 0.183. The van der Waals surface area contributed by atoms with Crippen molar-refractivity contribution in [2.75, 3.05) is 13.7 Å². The van der Waals surface area contributed by atoms with Crippen LogP contribution in [0.15, 0.2) is 65.4 Å². The third-order valence-electron chi connectivity index (χ3n) is 6.14. The zero-order chi connectivity index (χ0) is 27.2. The molecule has 0 saturated heterocycles. The Balaban J connectivity index is 1.31. The highest BCUT2D eigenvalue weighted by atomic mass is 32.1. The van der Waals surface area contributed by atoms with Crippen molar-refractivity contribution in [1.29, 1.82) is 0 Å². The summed E-state index contributed by atoms with van der Waals surface area (Å²) >= 11 is 1.59. The molecule has 5 rings (SSSR count). The zero-order valence-corrected chi connectivity index (χ0v) is 23.0. The van der Waals surface area contributed by atoms with E-state index in [-0.39, 0.29) is 18.6 Å². The standard InChI is InChI=1S/C30H30N4O4S/c1-4-10-31-17-20-5-8-25(33-18-20)29-16-26-30(39-29)27(9-11-32-26)37-24-7-6-21(28(15-24)36-3)13-23(35)14-22-12-19(2)38-34-22/h5-9,11-12,15-16,18,31H,4,10,13-14,17H2,1-3H3. The van der Waals surface area contributed by atoms with Gasteiger partial charge >= 0.3 is 0 Å². The van der Waals surface area contributed by atoms with E-state index in [1.54, 1.807) is 43.7 Å². The molecule has 0 bridgehead atoms. The van der Waals surface area contributed by atoms with Crippen LogP contribution in [-0.2, 0) is 24.2 Å². The molecule has 0 amide bonds. The van der Waals surface area contributed by atoms with Crippen LogP contribution in [0.1, 0.15) is 35.9 Å². The number of hydrogen-bond acceptors (Lipinski definition) is 9. The van der Waals surface area contributed by atoms with E-state index >= 15 is 0 Å². The molecule has 0 unspecified atom stereocenters. The summed E-state index contributed by atoms with van der Waals surface area (Å²) in [5, 5.41) is 7.30. The molecule has 0 aliphatic heterocycles. The number of methoxy groups -OCH3 is 1. The smallest absolute Gasteiger partial charge is 0.148 e. The van der Waals surface area contributed by atoms with Crippen molar-refractivity contribution in [2.45, 2.75) is 39.7 Å². The molecule has 4 heterocycles. The van der Waals surface area contributed by atoms with Crippen molar-refractivity contribution < 1.29 is 18.8 Å². The SMILES string of the molecule is CCCNCc1ccc(-c2cc3nccc(Oc4ccc(CC(=O)Cc5cc(C)on5)c(OC)c4)c3s2)nc1. The molecule has 39 heavy (non-hydrogen) atoms. The molecule has 0 spiro atoms.